The molecule has 0 amide bonds. The van der Waals surface area contributed by atoms with Crippen molar-refractivity contribution in [3.05, 3.63) is 0 Å². The molecule has 0 aliphatic carbocycles. The number of nitrogens with one attached hydrogen (secondary N) is 2. The molecule has 0 saturated heterocycles. The molecular weight excluding hydrogens is 817 g/mol. The lowest BCUT2D eigenvalue weighted by Crippen LogP contribution is -2.62. The standard InChI is InChI=1S/C30H82N2O11Si9/c1-29(52(37-6,38-7)39-8)46(11,12)41-48(15,16)43-49(17,18)42-47(13,14)40-45(9,10)28-25-44-30(31-23-21-26-50(19,33-2)34-3)32-24-22-27-51(20,35-4)36-5/h29-32H,21-28,44H2,1-20H3. The van der Waals surface area contributed by atoms with Crippen LogP contribution >= 0.6 is 0 Å². The molecule has 0 heterocycles. The van der Waals surface area contributed by atoms with Gasteiger partial charge in [-0.3, -0.25) is 0 Å². The second kappa shape index (κ2) is 23.1. The first-order valence-corrected chi connectivity index (χ1v) is 42.0. The molecule has 52 heavy (non-hydrogen) atoms. The summed E-state index contributed by atoms with van der Waals surface area (Å²) in [5.74, 6) is 0.342. The third kappa shape index (κ3) is 19.7. The highest BCUT2D eigenvalue weighted by Gasteiger charge is 2.56. The molecule has 0 bridgehead atoms. The molecule has 0 spiro atoms. The Labute approximate surface area is 330 Å². The van der Waals surface area contributed by atoms with Crippen LogP contribution in [0.4, 0.5) is 0 Å². The van der Waals surface area contributed by atoms with Crippen molar-refractivity contribution in [3.8, 4) is 0 Å². The van der Waals surface area contributed by atoms with E-state index in [9.17, 15) is 0 Å². The Balaban J connectivity index is 5.42. The first-order valence-electron chi connectivity index (χ1n) is 18.8. The van der Waals surface area contributed by atoms with Crippen molar-refractivity contribution in [3.63, 3.8) is 0 Å². The smallest absolute Gasteiger partial charge is 0.436 e. The third-order valence-electron chi connectivity index (χ3n) is 9.84. The van der Waals surface area contributed by atoms with Gasteiger partial charge in [-0.15, -0.1) is 0 Å². The molecule has 1 unspecified atom stereocenters. The Morgan fingerprint density at radius 2 is 0.846 bits per heavy atom. The summed E-state index contributed by atoms with van der Waals surface area (Å²) in [6.45, 7) is 30.1. The van der Waals surface area contributed by atoms with Crippen LogP contribution in [-0.4, -0.2) is 146 Å². The van der Waals surface area contributed by atoms with E-state index in [0.29, 0.717) is 5.79 Å². The minimum atomic E-state index is -2.88. The molecule has 0 aliphatic heterocycles. The molecule has 0 fully saturated rings. The van der Waals surface area contributed by atoms with Crippen LogP contribution in [0.2, 0.25) is 108 Å². The third-order valence-corrected chi connectivity index (χ3v) is 44.1. The van der Waals surface area contributed by atoms with E-state index in [4.69, 9.17) is 47.4 Å². The van der Waals surface area contributed by atoms with E-state index in [0.717, 1.165) is 44.1 Å². The quantitative estimate of drug-likeness (QED) is 0.0486. The average Bonchev–Trinajstić information content (AvgIpc) is 3.03. The lowest BCUT2D eigenvalue weighted by Gasteiger charge is -2.45. The minimum Gasteiger partial charge on any atom is -0.436 e. The van der Waals surface area contributed by atoms with E-state index in [1.54, 1.807) is 49.8 Å². The molecule has 0 saturated carbocycles. The fourth-order valence-electron chi connectivity index (χ4n) is 6.85. The summed E-state index contributed by atoms with van der Waals surface area (Å²) in [6.07, 6.45) is 2.05. The number of hydrogen-bond donors (Lipinski definition) is 2. The van der Waals surface area contributed by atoms with Gasteiger partial charge in [0.05, 0.1) is 9.52 Å². The second-order valence-corrected chi connectivity index (χ2v) is 49.5. The van der Waals surface area contributed by atoms with Gasteiger partial charge in [-0.05, 0) is 123 Å². The van der Waals surface area contributed by atoms with E-state index >= 15 is 0 Å². The minimum absolute atomic E-state index is 0.0168. The van der Waals surface area contributed by atoms with Crippen molar-refractivity contribution in [1.29, 1.82) is 0 Å². The van der Waals surface area contributed by atoms with Gasteiger partial charge in [0.2, 0.25) is 0 Å². The first-order chi connectivity index (χ1) is 23.7. The fourth-order valence-corrected chi connectivity index (χ4v) is 44.2. The Hall–Kier alpha value is 1.43. The van der Waals surface area contributed by atoms with Crippen molar-refractivity contribution in [2.75, 3.05) is 62.9 Å². The lowest BCUT2D eigenvalue weighted by molar-refractivity contribution is 0.119. The van der Waals surface area contributed by atoms with Gasteiger partial charge in [-0.1, -0.05) is 13.0 Å². The van der Waals surface area contributed by atoms with Crippen LogP contribution < -0.4 is 10.6 Å². The molecule has 0 aromatic heterocycles. The van der Waals surface area contributed by atoms with Crippen molar-refractivity contribution >= 4 is 77.8 Å². The topological polar surface area (TPSA) is 126 Å². The van der Waals surface area contributed by atoms with Crippen LogP contribution in [0.3, 0.4) is 0 Å². The molecule has 22 heteroatoms. The van der Waals surface area contributed by atoms with Crippen LogP contribution in [0.1, 0.15) is 19.8 Å². The van der Waals surface area contributed by atoms with E-state index in [1.165, 1.54) is 6.04 Å². The highest BCUT2D eigenvalue weighted by molar-refractivity contribution is 6.94. The highest BCUT2D eigenvalue weighted by atomic mass is 28.5. The van der Waals surface area contributed by atoms with Crippen LogP contribution in [0, 0.1) is 0 Å². The summed E-state index contributed by atoms with van der Waals surface area (Å²) in [4.78, 5) is 0. The van der Waals surface area contributed by atoms with Crippen LogP contribution in [0.15, 0.2) is 0 Å². The molecule has 0 aliphatic rings. The van der Waals surface area contributed by atoms with Crippen LogP contribution in [-0.2, 0) is 47.4 Å². The maximum Gasteiger partial charge on any atom is 0.502 e. The Morgan fingerprint density at radius 3 is 1.21 bits per heavy atom. The zero-order valence-electron chi connectivity index (χ0n) is 37.0. The molecule has 0 rings (SSSR count). The van der Waals surface area contributed by atoms with E-state index < -0.39 is 77.8 Å². The number of rotatable bonds is 31. The van der Waals surface area contributed by atoms with Crippen molar-refractivity contribution in [2.24, 2.45) is 0 Å². The summed E-state index contributed by atoms with van der Waals surface area (Å²) in [5, 5.41) is 7.67. The van der Waals surface area contributed by atoms with Crippen LogP contribution in [0.5, 0.6) is 0 Å². The van der Waals surface area contributed by atoms with Crippen molar-refractivity contribution in [1.82, 2.24) is 10.6 Å². The van der Waals surface area contributed by atoms with Crippen molar-refractivity contribution in [2.45, 2.75) is 133 Å². The molecular formula is C30H82N2O11Si9. The molecule has 0 radical (unpaired) electrons. The van der Waals surface area contributed by atoms with E-state index in [1.807, 2.05) is 0 Å². The van der Waals surface area contributed by atoms with Gasteiger partial charge < -0.3 is 58.1 Å². The normalized spacial score (nSPS) is 15.4. The summed E-state index contributed by atoms with van der Waals surface area (Å²) in [7, 11) is -7.61. The zero-order valence-corrected chi connectivity index (χ0v) is 46.4. The summed E-state index contributed by atoms with van der Waals surface area (Å²) in [5.41, 5.74) is 0. The lowest BCUT2D eigenvalue weighted by atomic mass is 10.4. The van der Waals surface area contributed by atoms with Gasteiger partial charge in [-0.25, -0.2) is 0 Å². The average molecular weight is 900 g/mol. The van der Waals surface area contributed by atoms with E-state index in [2.05, 4.69) is 96.1 Å². The van der Waals surface area contributed by atoms with Crippen molar-refractivity contribution < 1.29 is 47.4 Å². The Kier molecular flexibility index (Phi) is 23.8. The Bertz CT molecular complexity index is 958. The van der Waals surface area contributed by atoms with Gasteiger partial charge in [0, 0.05) is 60.7 Å². The van der Waals surface area contributed by atoms with Crippen LogP contribution in [0.25, 0.3) is 0 Å². The molecule has 314 valence electrons. The molecule has 1 atom stereocenters. The zero-order chi connectivity index (χ0) is 40.7. The predicted octanol–water partition coefficient (Wildman–Crippen LogP) is 5.94. The Morgan fingerprint density at radius 1 is 0.481 bits per heavy atom. The summed E-state index contributed by atoms with van der Waals surface area (Å²) in [6, 6.07) is 4.22. The van der Waals surface area contributed by atoms with Gasteiger partial charge in [0.1, 0.15) is 0 Å². The van der Waals surface area contributed by atoms with Gasteiger partial charge >= 0.3 is 51.6 Å². The highest BCUT2D eigenvalue weighted by Crippen LogP contribution is 2.36. The first kappa shape index (κ1) is 53.4. The van der Waals surface area contributed by atoms with Gasteiger partial charge in [0.15, 0.2) is 16.6 Å². The second-order valence-electron chi connectivity index (χ2n) is 16.6. The fraction of sp³-hybridized carbons (Fsp3) is 1.00. The maximum atomic E-state index is 6.99. The molecule has 2 N–H and O–H groups in total. The molecule has 0 aromatic rings. The SMILES string of the molecule is CO[Si](C)(CCCNC(NCCC[Si](C)(OC)OC)[SiH2]CC[Si](C)(C)O[Si](C)(C)O[Si](C)(C)O[Si](C)(C)O[Si](C)(C)C(C)[Si](OC)(OC)OC)OC. The predicted molar refractivity (Wildman–Crippen MR) is 236 cm³/mol. The summed E-state index contributed by atoms with van der Waals surface area (Å²) >= 11 is 0. The summed E-state index contributed by atoms with van der Waals surface area (Å²) < 4.78 is 67.9. The largest absolute Gasteiger partial charge is 0.502 e. The monoisotopic (exact) mass is 898 g/mol. The van der Waals surface area contributed by atoms with Gasteiger partial charge in [0.25, 0.3) is 0 Å². The molecule has 0 aromatic carbocycles. The van der Waals surface area contributed by atoms with E-state index in [-0.39, 0.29) is 5.16 Å². The van der Waals surface area contributed by atoms with Gasteiger partial charge in [-0.2, -0.15) is 0 Å². The number of hydrogen-bond acceptors (Lipinski definition) is 13. The molecule has 13 nitrogen and oxygen atoms in total. The maximum absolute atomic E-state index is 6.99.